The highest BCUT2D eigenvalue weighted by Crippen LogP contribution is 2.20. The van der Waals surface area contributed by atoms with Crippen molar-refractivity contribution in [3.8, 4) is 11.4 Å². The van der Waals surface area contributed by atoms with E-state index in [9.17, 15) is 9.18 Å². The van der Waals surface area contributed by atoms with Crippen molar-refractivity contribution in [2.24, 2.45) is 0 Å². The van der Waals surface area contributed by atoms with Crippen molar-refractivity contribution in [3.63, 3.8) is 0 Å². The Balaban J connectivity index is 1.61. The molecule has 0 radical (unpaired) electrons. The van der Waals surface area contributed by atoms with E-state index in [1.54, 1.807) is 19.1 Å². The highest BCUT2D eigenvalue weighted by atomic mass is 19.1. The molecular weight excluding hydrogens is 335 g/mol. The van der Waals surface area contributed by atoms with E-state index in [1.165, 1.54) is 6.07 Å². The van der Waals surface area contributed by atoms with E-state index in [1.807, 2.05) is 4.90 Å². The summed E-state index contributed by atoms with van der Waals surface area (Å²) in [7, 11) is 0. The minimum atomic E-state index is -0.301. The number of nitrogens with zero attached hydrogens (tertiary/aromatic N) is 3. The standard InChI is InChI=1S/C19H25FN4O2/c1-3-10-24(15-8-9-21-12-15)18(25)7-6-17-22-19(23-26-17)14-5-4-13(2)16(20)11-14/h4-5,11,15,21H,3,6-10,12H2,1-2H3. The van der Waals surface area contributed by atoms with E-state index in [4.69, 9.17) is 4.52 Å². The molecule has 1 aromatic heterocycles. The fourth-order valence-electron chi connectivity index (χ4n) is 3.22. The first-order valence-electron chi connectivity index (χ1n) is 9.17. The number of rotatable bonds is 7. The zero-order valence-electron chi connectivity index (χ0n) is 15.3. The Morgan fingerprint density at radius 1 is 1.46 bits per heavy atom. The van der Waals surface area contributed by atoms with Crippen LogP contribution in [0.5, 0.6) is 0 Å². The monoisotopic (exact) mass is 360 g/mol. The first-order chi connectivity index (χ1) is 12.6. The lowest BCUT2D eigenvalue weighted by atomic mass is 10.1. The summed E-state index contributed by atoms with van der Waals surface area (Å²) in [6.45, 7) is 6.36. The molecule has 2 heterocycles. The van der Waals surface area contributed by atoms with E-state index in [2.05, 4.69) is 22.4 Å². The second-order valence-electron chi connectivity index (χ2n) is 6.71. The first kappa shape index (κ1) is 18.5. The molecular formula is C19H25FN4O2. The van der Waals surface area contributed by atoms with Crippen molar-refractivity contribution >= 4 is 5.91 Å². The summed E-state index contributed by atoms with van der Waals surface area (Å²) in [5.74, 6) is 0.554. The third-order valence-electron chi connectivity index (χ3n) is 4.71. The van der Waals surface area contributed by atoms with Crippen LogP contribution in [0.2, 0.25) is 0 Å². The molecule has 0 saturated carbocycles. The van der Waals surface area contributed by atoms with Gasteiger partial charge in [-0.25, -0.2) is 4.39 Å². The average molecular weight is 360 g/mol. The van der Waals surface area contributed by atoms with Gasteiger partial charge in [0.15, 0.2) is 0 Å². The van der Waals surface area contributed by atoms with Gasteiger partial charge in [0, 0.05) is 37.5 Å². The molecule has 1 saturated heterocycles. The Morgan fingerprint density at radius 2 is 2.31 bits per heavy atom. The number of hydrogen-bond acceptors (Lipinski definition) is 5. The van der Waals surface area contributed by atoms with Crippen molar-refractivity contribution in [1.29, 1.82) is 0 Å². The Morgan fingerprint density at radius 3 is 3.00 bits per heavy atom. The second-order valence-corrected chi connectivity index (χ2v) is 6.71. The van der Waals surface area contributed by atoms with Crippen LogP contribution in [-0.4, -0.2) is 46.6 Å². The van der Waals surface area contributed by atoms with Gasteiger partial charge in [-0.2, -0.15) is 4.98 Å². The van der Waals surface area contributed by atoms with E-state index in [0.717, 1.165) is 32.5 Å². The second kappa shape index (κ2) is 8.40. The predicted molar refractivity (Wildman–Crippen MR) is 96.0 cm³/mol. The molecule has 1 unspecified atom stereocenters. The van der Waals surface area contributed by atoms with E-state index in [0.29, 0.717) is 35.7 Å². The summed E-state index contributed by atoms with van der Waals surface area (Å²) >= 11 is 0. The lowest BCUT2D eigenvalue weighted by molar-refractivity contribution is -0.133. The maximum atomic E-state index is 13.7. The van der Waals surface area contributed by atoms with Gasteiger partial charge in [0.1, 0.15) is 5.82 Å². The number of halogens is 1. The largest absolute Gasteiger partial charge is 0.339 e. The van der Waals surface area contributed by atoms with Crippen molar-refractivity contribution in [2.75, 3.05) is 19.6 Å². The van der Waals surface area contributed by atoms with Crippen molar-refractivity contribution < 1.29 is 13.7 Å². The molecule has 1 atom stereocenters. The van der Waals surface area contributed by atoms with Crippen LogP contribution in [0.3, 0.4) is 0 Å². The molecule has 0 spiro atoms. The van der Waals surface area contributed by atoms with Crippen LogP contribution in [-0.2, 0) is 11.2 Å². The van der Waals surface area contributed by atoms with Crippen molar-refractivity contribution in [3.05, 3.63) is 35.5 Å². The van der Waals surface area contributed by atoms with Crippen LogP contribution in [0.15, 0.2) is 22.7 Å². The van der Waals surface area contributed by atoms with Gasteiger partial charge >= 0.3 is 0 Å². The fourth-order valence-corrected chi connectivity index (χ4v) is 3.22. The molecule has 140 valence electrons. The maximum Gasteiger partial charge on any atom is 0.227 e. The van der Waals surface area contributed by atoms with E-state index >= 15 is 0 Å². The summed E-state index contributed by atoms with van der Waals surface area (Å²) in [5.41, 5.74) is 1.14. The Kier molecular flexibility index (Phi) is 5.98. The highest BCUT2D eigenvalue weighted by Gasteiger charge is 2.26. The molecule has 2 aromatic rings. The lowest BCUT2D eigenvalue weighted by Crippen LogP contribution is -2.42. The fraction of sp³-hybridized carbons (Fsp3) is 0.526. The Bertz CT molecular complexity index is 756. The Labute approximate surface area is 152 Å². The van der Waals surface area contributed by atoms with Gasteiger partial charge in [0.2, 0.25) is 17.6 Å². The van der Waals surface area contributed by atoms with Gasteiger partial charge in [0.25, 0.3) is 0 Å². The van der Waals surface area contributed by atoms with E-state index < -0.39 is 0 Å². The molecule has 7 heteroatoms. The lowest BCUT2D eigenvalue weighted by Gasteiger charge is -2.28. The Hall–Kier alpha value is -2.28. The van der Waals surface area contributed by atoms with Gasteiger partial charge in [-0.3, -0.25) is 4.79 Å². The summed E-state index contributed by atoms with van der Waals surface area (Å²) in [6.07, 6.45) is 2.66. The van der Waals surface area contributed by atoms with Crippen molar-refractivity contribution in [1.82, 2.24) is 20.4 Å². The molecule has 1 aliphatic heterocycles. The highest BCUT2D eigenvalue weighted by molar-refractivity contribution is 5.76. The number of hydrogen-bond donors (Lipinski definition) is 1. The SMILES string of the molecule is CCCN(C(=O)CCc1nc(-c2ccc(C)c(F)c2)no1)C1CCNC1. The van der Waals surface area contributed by atoms with Gasteiger partial charge in [-0.1, -0.05) is 24.2 Å². The number of aromatic nitrogens is 2. The average Bonchev–Trinajstić information content (AvgIpc) is 3.32. The van der Waals surface area contributed by atoms with Crippen LogP contribution in [0, 0.1) is 12.7 Å². The number of amides is 1. The van der Waals surface area contributed by atoms with Gasteiger partial charge in [-0.05, 0) is 37.9 Å². The van der Waals surface area contributed by atoms with Crippen LogP contribution in [0.25, 0.3) is 11.4 Å². The van der Waals surface area contributed by atoms with Crippen LogP contribution in [0.1, 0.15) is 37.6 Å². The number of benzene rings is 1. The van der Waals surface area contributed by atoms with Gasteiger partial charge in [0.05, 0.1) is 0 Å². The van der Waals surface area contributed by atoms with Crippen LogP contribution >= 0.6 is 0 Å². The number of carbonyl (C=O) groups is 1. The molecule has 0 bridgehead atoms. The zero-order valence-corrected chi connectivity index (χ0v) is 15.3. The van der Waals surface area contributed by atoms with Gasteiger partial charge in [-0.15, -0.1) is 0 Å². The van der Waals surface area contributed by atoms with Gasteiger partial charge < -0.3 is 14.7 Å². The van der Waals surface area contributed by atoms with Crippen LogP contribution < -0.4 is 5.32 Å². The molecule has 6 nitrogen and oxygen atoms in total. The maximum absolute atomic E-state index is 13.7. The quantitative estimate of drug-likeness (QED) is 0.822. The summed E-state index contributed by atoms with van der Waals surface area (Å²) in [6, 6.07) is 5.11. The molecule has 1 aliphatic rings. The number of nitrogens with one attached hydrogen (secondary N) is 1. The summed E-state index contributed by atoms with van der Waals surface area (Å²) in [4.78, 5) is 18.9. The molecule has 1 fully saturated rings. The smallest absolute Gasteiger partial charge is 0.227 e. The van der Waals surface area contributed by atoms with E-state index in [-0.39, 0.29) is 17.8 Å². The molecule has 1 amide bonds. The number of aryl methyl sites for hydroxylation is 2. The molecule has 3 rings (SSSR count). The third-order valence-corrected chi connectivity index (χ3v) is 4.71. The summed E-state index contributed by atoms with van der Waals surface area (Å²) in [5, 5.41) is 7.21. The molecule has 1 N–H and O–H groups in total. The molecule has 26 heavy (non-hydrogen) atoms. The third kappa shape index (κ3) is 4.27. The van der Waals surface area contributed by atoms with Crippen LogP contribution in [0.4, 0.5) is 4.39 Å². The van der Waals surface area contributed by atoms with Crippen molar-refractivity contribution in [2.45, 2.75) is 45.6 Å². The summed E-state index contributed by atoms with van der Waals surface area (Å²) < 4.78 is 18.9. The molecule has 0 aliphatic carbocycles. The minimum absolute atomic E-state index is 0.113. The first-order valence-corrected chi connectivity index (χ1v) is 9.17. The zero-order chi connectivity index (χ0) is 18.5. The number of carbonyl (C=O) groups excluding carboxylic acids is 1. The minimum Gasteiger partial charge on any atom is -0.339 e. The predicted octanol–water partition coefficient (Wildman–Crippen LogP) is 2.72. The normalized spacial score (nSPS) is 16.8. The topological polar surface area (TPSA) is 71.3 Å². The molecule has 1 aromatic carbocycles.